The van der Waals surface area contributed by atoms with Crippen LogP contribution in [-0.2, 0) is 33.8 Å². The van der Waals surface area contributed by atoms with Gasteiger partial charge in [-0.2, -0.15) is 0 Å². The third-order valence-electron chi connectivity index (χ3n) is 7.61. The van der Waals surface area contributed by atoms with Crippen LogP contribution < -0.4 is 4.74 Å². The number of fused-ring (bicyclic) bond motifs is 1. The van der Waals surface area contributed by atoms with E-state index in [0.717, 1.165) is 28.8 Å². The Hall–Kier alpha value is -3.13. The summed E-state index contributed by atoms with van der Waals surface area (Å²) in [5.41, 5.74) is 5.15. The molecule has 0 radical (unpaired) electrons. The van der Waals surface area contributed by atoms with Crippen LogP contribution in [0.15, 0.2) is 42.5 Å². The van der Waals surface area contributed by atoms with Crippen molar-refractivity contribution in [2.75, 3.05) is 20.3 Å². The molecule has 0 spiro atoms. The van der Waals surface area contributed by atoms with Crippen LogP contribution >= 0.6 is 23.2 Å². The van der Waals surface area contributed by atoms with Gasteiger partial charge in [-0.25, -0.2) is 4.98 Å². The van der Waals surface area contributed by atoms with E-state index in [-0.39, 0.29) is 17.0 Å². The molecular weight excluding hydrogens is 551 g/mol. The van der Waals surface area contributed by atoms with Crippen molar-refractivity contribution in [3.8, 4) is 5.88 Å². The number of amides is 1. The quantitative estimate of drug-likeness (QED) is 0.293. The molecule has 0 bridgehead atoms. The van der Waals surface area contributed by atoms with Gasteiger partial charge in [-0.05, 0) is 67.5 Å². The van der Waals surface area contributed by atoms with Gasteiger partial charge in [0.1, 0.15) is 12.5 Å². The zero-order chi connectivity index (χ0) is 28.4. The molecule has 2 aliphatic heterocycles. The summed E-state index contributed by atoms with van der Waals surface area (Å²) in [7, 11) is 1.33. The topological polar surface area (TPSA) is 78.0 Å². The van der Waals surface area contributed by atoms with Crippen LogP contribution in [-0.4, -0.2) is 48.1 Å². The minimum atomic E-state index is -0.771. The zero-order valence-corrected chi connectivity index (χ0v) is 24.3. The molecule has 3 heterocycles. The van der Waals surface area contributed by atoms with Gasteiger partial charge < -0.3 is 19.1 Å². The number of halogens is 2. The minimum Gasteiger partial charge on any atom is -0.473 e. The summed E-state index contributed by atoms with van der Waals surface area (Å²) in [5, 5.41) is 0.633. The Bertz CT molecular complexity index is 1420. The van der Waals surface area contributed by atoms with Crippen molar-refractivity contribution in [1.29, 1.82) is 0 Å². The summed E-state index contributed by atoms with van der Waals surface area (Å²) in [6.45, 7) is 5.59. The van der Waals surface area contributed by atoms with Gasteiger partial charge in [-0.15, -0.1) is 0 Å². The number of ether oxygens (including phenoxy) is 3. The molecule has 3 aromatic rings. The van der Waals surface area contributed by atoms with Gasteiger partial charge in [-0.3, -0.25) is 9.59 Å². The van der Waals surface area contributed by atoms with E-state index in [0.29, 0.717) is 66.7 Å². The highest BCUT2D eigenvalue weighted by molar-refractivity contribution is 6.37. The number of esters is 1. The molecule has 0 aliphatic carbocycles. The first kappa shape index (κ1) is 28.4. The Labute approximate surface area is 244 Å². The fourth-order valence-electron chi connectivity index (χ4n) is 5.56. The molecule has 2 aliphatic rings. The number of hydrogen-bond acceptors (Lipinski definition) is 6. The van der Waals surface area contributed by atoms with Crippen molar-refractivity contribution < 1.29 is 23.8 Å². The van der Waals surface area contributed by atoms with Crippen molar-refractivity contribution >= 4 is 35.1 Å². The average molecular weight is 584 g/mol. The number of aryl methyl sites for hydroxylation is 2. The van der Waals surface area contributed by atoms with Gasteiger partial charge >= 0.3 is 5.97 Å². The predicted octanol–water partition coefficient (Wildman–Crippen LogP) is 6.22. The second-order valence-electron chi connectivity index (χ2n) is 10.3. The molecule has 210 valence electrons. The highest BCUT2D eigenvalue weighted by Crippen LogP contribution is 2.42. The summed E-state index contributed by atoms with van der Waals surface area (Å²) in [4.78, 5) is 33.2. The van der Waals surface area contributed by atoms with Crippen molar-refractivity contribution in [3.05, 3.63) is 91.6 Å². The van der Waals surface area contributed by atoms with E-state index in [1.54, 1.807) is 11.0 Å². The van der Waals surface area contributed by atoms with Crippen LogP contribution in [0.3, 0.4) is 0 Å². The second kappa shape index (κ2) is 12.2. The standard InChI is InChI=1S/C31H32Cl2N2O5/c1-18-14-19(2)34-29(40-17-20-8-5-4-6-9-20)23(18)16-35-12-11-21-24(32)15-22(28(33)27(21)30(35)36)26(31(37)38-3)25-10-7-13-39-25/h4-6,8-9,14-15,25-26H,7,10-13,16-17H2,1-3H3/t25?,26-/m0/s1. The Balaban J connectivity index is 1.47. The number of rotatable bonds is 8. The molecule has 40 heavy (non-hydrogen) atoms. The van der Waals surface area contributed by atoms with E-state index in [2.05, 4.69) is 4.98 Å². The van der Waals surface area contributed by atoms with Gasteiger partial charge in [0.15, 0.2) is 0 Å². The number of pyridine rings is 1. The summed E-state index contributed by atoms with van der Waals surface area (Å²) in [6.07, 6.45) is 1.66. The Morgan fingerprint density at radius 3 is 2.67 bits per heavy atom. The maximum absolute atomic E-state index is 14.0. The molecule has 2 aromatic carbocycles. The molecule has 1 fully saturated rings. The van der Waals surface area contributed by atoms with Crippen molar-refractivity contribution in [3.63, 3.8) is 0 Å². The maximum Gasteiger partial charge on any atom is 0.315 e. The van der Waals surface area contributed by atoms with Gasteiger partial charge in [0.25, 0.3) is 5.91 Å². The monoisotopic (exact) mass is 582 g/mol. The first-order chi connectivity index (χ1) is 19.3. The normalized spacial score (nSPS) is 17.5. The van der Waals surface area contributed by atoms with Crippen molar-refractivity contribution in [2.45, 2.75) is 58.3 Å². The molecule has 7 nitrogen and oxygen atoms in total. The van der Waals surface area contributed by atoms with Crippen LogP contribution in [0.2, 0.25) is 10.0 Å². The molecular formula is C31H32Cl2N2O5. The largest absolute Gasteiger partial charge is 0.473 e. The lowest BCUT2D eigenvalue weighted by molar-refractivity contribution is -0.145. The van der Waals surface area contributed by atoms with Gasteiger partial charge in [0, 0.05) is 29.4 Å². The summed E-state index contributed by atoms with van der Waals surface area (Å²) in [5.74, 6) is -0.985. The lowest BCUT2D eigenvalue weighted by Gasteiger charge is -2.32. The number of aromatic nitrogens is 1. The Morgan fingerprint density at radius 2 is 1.98 bits per heavy atom. The Kier molecular flexibility index (Phi) is 8.64. The molecule has 1 unspecified atom stereocenters. The Morgan fingerprint density at radius 1 is 1.20 bits per heavy atom. The highest BCUT2D eigenvalue weighted by atomic mass is 35.5. The van der Waals surface area contributed by atoms with E-state index in [4.69, 9.17) is 37.4 Å². The summed E-state index contributed by atoms with van der Waals surface area (Å²) < 4.78 is 17.1. The fourth-order valence-corrected chi connectivity index (χ4v) is 6.24. The van der Waals surface area contributed by atoms with Gasteiger partial charge in [-0.1, -0.05) is 53.5 Å². The number of benzene rings is 2. The molecule has 9 heteroatoms. The van der Waals surface area contributed by atoms with E-state index < -0.39 is 11.9 Å². The van der Waals surface area contributed by atoms with E-state index in [1.165, 1.54) is 7.11 Å². The number of carbonyl (C=O) groups is 2. The van der Waals surface area contributed by atoms with Crippen LogP contribution in [0.25, 0.3) is 0 Å². The second-order valence-corrected chi connectivity index (χ2v) is 11.1. The number of hydrogen-bond donors (Lipinski definition) is 0. The van der Waals surface area contributed by atoms with Gasteiger partial charge in [0.05, 0.1) is 30.3 Å². The molecule has 0 saturated carbocycles. The van der Waals surface area contributed by atoms with Crippen molar-refractivity contribution in [2.24, 2.45) is 0 Å². The first-order valence-corrected chi connectivity index (χ1v) is 14.2. The molecule has 2 atom stereocenters. The fraction of sp³-hybridized carbons (Fsp3) is 0.387. The van der Waals surface area contributed by atoms with Crippen molar-refractivity contribution in [1.82, 2.24) is 9.88 Å². The van der Waals surface area contributed by atoms with E-state index >= 15 is 0 Å². The average Bonchev–Trinajstić information content (AvgIpc) is 3.47. The van der Waals surface area contributed by atoms with Gasteiger partial charge in [0.2, 0.25) is 5.88 Å². The maximum atomic E-state index is 14.0. The molecule has 1 amide bonds. The van der Waals surface area contributed by atoms with E-state index in [1.807, 2.05) is 50.2 Å². The lowest BCUT2D eigenvalue weighted by atomic mass is 9.87. The van der Waals surface area contributed by atoms with E-state index in [9.17, 15) is 9.59 Å². The lowest BCUT2D eigenvalue weighted by Crippen LogP contribution is -2.38. The molecule has 1 aromatic heterocycles. The summed E-state index contributed by atoms with van der Waals surface area (Å²) >= 11 is 13.6. The summed E-state index contributed by atoms with van der Waals surface area (Å²) in [6, 6.07) is 13.6. The number of methoxy groups -OCH3 is 1. The molecule has 0 N–H and O–H groups in total. The number of carbonyl (C=O) groups excluding carboxylic acids is 2. The molecule has 5 rings (SSSR count). The van der Waals surface area contributed by atoms with Crippen LogP contribution in [0.1, 0.15) is 62.6 Å². The smallest absolute Gasteiger partial charge is 0.315 e. The third-order valence-corrected chi connectivity index (χ3v) is 8.35. The SMILES string of the molecule is COC(=O)[C@@H](c1cc(Cl)c2c(c1Cl)C(=O)N(Cc1c(C)cc(C)nc1OCc1ccccc1)CC2)C1CCCO1. The highest BCUT2D eigenvalue weighted by Gasteiger charge is 2.39. The molecule has 1 saturated heterocycles. The number of nitrogens with zero attached hydrogens (tertiary/aromatic N) is 2. The predicted molar refractivity (Wildman–Crippen MR) is 153 cm³/mol. The van der Waals surface area contributed by atoms with Crippen LogP contribution in [0.4, 0.5) is 0 Å². The third kappa shape index (κ3) is 5.69. The minimum absolute atomic E-state index is 0.222. The van der Waals surface area contributed by atoms with Crippen LogP contribution in [0.5, 0.6) is 5.88 Å². The van der Waals surface area contributed by atoms with Crippen LogP contribution in [0, 0.1) is 13.8 Å². The first-order valence-electron chi connectivity index (χ1n) is 13.4. The zero-order valence-electron chi connectivity index (χ0n) is 22.8.